The van der Waals surface area contributed by atoms with Gasteiger partial charge in [-0.3, -0.25) is 10.1 Å². The van der Waals surface area contributed by atoms with E-state index in [2.05, 4.69) is 20.9 Å². The zero-order valence-corrected chi connectivity index (χ0v) is 15.5. The summed E-state index contributed by atoms with van der Waals surface area (Å²) in [6, 6.07) is 22.2. The summed E-state index contributed by atoms with van der Waals surface area (Å²) < 4.78 is 0. The van der Waals surface area contributed by atoms with E-state index in [1.165, 1.54) is 11.3 Å². The SMILES string of the molecule is O=C(Nc1ccccc1)Nc1nc(C(=O)Nc2cccc3ccccc23)cs1. The third-order valence-electron chi connectivity index (χ3n) is 4.03. The van der Waals surface area contributed by atoms with Crippen molar-refractivity contribution in [3.63, 3.8) is 0 Å². The van der Waals surface area contributed by atoms with E-state index in [1.54, 1.807) is 17.5 Å². The Morgan fingerprint density at radius 3 is 2.39 bits per heavy atom. The Bertz CT molecular complexity index is 1140. The lowest BCUT2D eigenvalue weighted by Crippen LogP contribution is -2.19. The summed E-state index contributed by atoms with van der Waals surface area (Å²) in [7, 11) is 0. The first-order valence-corrected chi connectivity index (χ1v) is 9.45. The number of thiazole rings is 1. The molecule has 0 saturated carbocycles. The van der Waals surface area contributed by atoms with Gasteiger partial charge in [-0.2, -0.15) is 0 Å². The number of fused-ring (bicyclic) bond motifs is 1. The van der Waals surface area contributed by atoms with Crippen LogP contribution >= 0.6 is 11.3 Å². The summed E-state index contributed by atoms with van der Waals surface area (Å²) in [6.07, 6.45) is 0. The zero-order valence-electron chi connectivity index (χ0n) is 14.7. The second-order valence-electron chi connectivity index (χ2n) is 5.96. The highest BCUT2D eigenvalue weighted by Crippen LogP contribution is 2.24. The van der Waals surface area contributed by atoms with Crippen molar-refractivity contribution in [3.8, 4) is 0 Å². The number of anilines is 3. The number of hydrogen-bond donors (Lipinski definition) is 3. The molecule has 0 fully saturated rings. The molecule has 4 rings (SSSR count). The Kier molecular flexibility index (Phi) is 4.99. The first-order valence-electron chi connectivity index (χ1n) is 8.57. The van der Waals surface area contributed by atoms with Gasteiger partial charge in [-0.15, -0.1) is 11.3 Å². The molecule has 0 unspecified atom stereocenters. The summed E-state index contributed by atoms with van der Waals surface area (Å²) in [5, 5.41) is 12.2. The van der Waals surface area contributed by atoms with E-state index >= 15 is 0 Å². The quantitative estimate of drug-likeness (QED) is 0.450. The van der Waals surface area contributed by atoms with Crippen LogP contribution in [-0.4, -0.2) is 16.9 Å². The van der Waals surface area contributed by atoms with Crippen LogP contribution in [0.1, 0.15) is 10.5 Å². The van der Waals surface area contributed by atoms with Crippen molar-refractivity contribution in [2.45, 2.75) is 0 Å². The highest BCUT2D eigenvalue weighted by Gasteiger charge is 2.14. The predicted molar refractivity (Wildman–Crippen MR) is 113 cm³/mol. The standard InChI is InChI=1S/C21H16N4O2S/c26-19(23-17-12-6-8-14-7-4-5-11-16(14)17)18-13-28-21(24-18)25-20(27)22-15-9-2-1-3-10-15/h1-13H,(H,23,26)(H2,22,24,25,27). The van der Waals surface area contributed by atoms with E-state index in [0.717, 1.165) is 10.8 Å². The van der Waals surface area contributed by atoms with E-state index < -0.39 is 6.03 Å². The Hall–Kier alpha value is -3.71. The van der Waals surface area contributed by atoms with Crippen molar-refractivity contribution in [2.75, 3.05) is 16.0 Å². The second-order valence-corrected chi connectivity index (χ2v) is 6.82. The fourth-order valence-electron chi connectivity index (χ4n) is 2.74. The van der Waals surface area contributed by atoms with Crippen molar-refractivity contribution in [1.82, 2.24) is 4.98 Å². The first kappa shape index (κ1) is 17.7. The number of benzene rings is 3. The van der Waals surface area contributed by atoms with Gasteiger partial charge in [0.2, 0.25) is 0 Å². The van der Waals surface area contributed by atoms with Crippen molar-refractivity contribution in [3.05, 3.63) is 83.9 Å². The average Bonchev–Trinajstić information content (AvgIpc) is 3.17. The lowest BCUT2D eigenvalue weighted by molar-refractivity contribution is 0.102. The van der Waals surface area contributed by atoms with Crippen molar-refractivity contribution < 1.29 is 9.59 Å². The Balaban J connectivity index is 1.43. The fraction of sp³-hybridized carbons (Fsp3) is 0. The van der Waals surface area contributed by atoms with Crippen LogP contribution in [0.3, 0.4) is 0 Å². The number of aromatic nitrogens is 1. The van der Waals surface area contributed by atoms with Gasteiger partial charge in [0, 0.05) is 22.1 Å². The predicted octanol–water partition coefficient (Wildman–Crippen LogP) is 5.19. The average molecular weight is 388 g/mol. The zero-order chi connectivity index (χ0) is 19.3. The van der Waals surface area contributed by atoms with Crippen LogP contribution in [0.5, 0.6) is 0 Å². The topological polar surface area (TPSA) is 83.1 Å². The molecule has 0 bridgehead atoms. The molecule has 0 aliphatic rings. The molecule has 0 saturated heterocycles. The number of nitrogens with zero attached hydrogens (tertiary/aromatic N) is 1. The van der Waals surface area contributed by atoms with E-state index in [9.17, 15) is 9.59 Å². The van der Waals surface area contributed by atoms with Crippen LogP contribution in [0.2, 0.25) is 0 Å². The molecular formula is C21H16N4O2S. The van der Waals surface area contributed by atoms with Crippen molar-refractivity contribution in [1.29, 1.82) is 0 Å². The van der Waals surface area contributed by atoms with Crippen LogP contribution in [0.4, 0.5) is 21.3 Å². The van der Waals surface area contributed by atoms with Gasteiger partial charge in [0.1, 0.15) is 5.69 Å². The number of carbonyl (C=O) groups excluding carboxylic acids is 2. The van der Waals surface area contributed by atoms with E-state index in [1.807, 2.05) is 60.7 Å². The van der Waals surface area contributed by atoms with Crippen molar-refractivity contribution in [2.24, 2.45) is 0 Å². The van der Waals surface area contributed by atoms with E-state index in [-0.39, 0.29) is 11.6 Å². The molecule has 6 nitrogen and oxygen atoms in total. The lowest BCUT2D eigenvalue weighted by atomic mass is 10.1. The first-order chi connectivity index (χ1) is 13.7. The minimum Gasteiger partial charge on any atom is -0.320 e. The molecule has 3 aromatic carbocycles. The lowest BCUT2D eigenvalue weighted by Gasteiger charge is -2.07. The number of carbonyl (C=O) groups is 2. The highest BCUT2D eigenvalue weighted by molar-refractivity contribution is 7.14. The minimum atomic E-state index is -0.415. The maximum absolute atomic E-state index is 12.6. The number of nitrogens with one attached hydrogen (secondary N) is 3. The smallest absolute Gasteiger partial charge is 0.320 e. The summed E-state index contributed by atoms with van der Waals surface area (Å²) >= 11 is 1.19. The summed E-state index contributed by atoms with van der Waals surface area (Å²) in [4.78, 5) is 28.8. The van der Waals surface area contributed by atoms with Crippen LogP contribution < -0.4 is 16.0 Å². The second kappa shape index (κ2) is 7.89. The van der Waals surface area contributed by atoms with Crippen LogP contribution in [0.25, 0.3) is 10.8 Å². The van der Waals surface area contributed by atoms with Crippen LogP contribution in [0, 0.1) is 0 Å². The minimum absolute atomic E-state index is 0.243. The molecule has 0 spiro atoms. The van der Waals surface area contributed by atoms with Crippen molar-refractivity contribution >= 4 is 50.6 Å². The Labute approximate surface area is 165 Å². The van der Waals surface area contributed by atoms with Gasteiger partial charge in [-0.1, -0.05) is 54.6 Å². The van der Waals surface area contributed by atoms with E-state index in [4.69, 9.17) is 0 Å². The third-order valence-corrected chi connectivity index (χ3v) is 4.78. The fourth-order valence-corrected chi connectivity index (χ4v) is 3.42. The maximum Gasteiger partial charge on any atom is 0.325 e. The largest absolute Gasteiger partial charge is 0.325 e. The van der Waals surface area contributed by atoms with Gasteiger partial charge in [-0.05, 0) is 23.6 Å². The normalized spacial score (nSPS) is 10.4. The molecule has 3 amide bonds. The monoisotopic (exact) mass is 388 g/mol. The van der Waals surface area contributed by atoms with Gasteiger partial charge in [-0.25, -0.2) is 9.78 Å². The molecule has 0 atom stereocenters. The molecule has 0 aliphatic heterocycles. The highest BCUT2D eigenvalue weighted by atomic mass is 32.1. The van der Waals surface area contributed by atoms with Gasteiger partial charge in [0.15, 0.2) is 5.13 Å². The van der Waals surface area contributed by atoms with Gasteiger partial charge in [0.05, 0.1) is 0 Å². The number of para-hydroxylation sites is 1. The third kappa shape index (κ3) is 3.99. The van der Waals surface area contributed by atoms with Crippen LogP contribution in [0.15, 0.2) is 78.2 Å². The number of rotatable bonds is 4. The Morgan fingerprint density at radius 2 is 1.54 bits per heavy atom. The molecule has 0 aliphatic carbocycles. The van der Waals surface area contributed by atoms with E-state index in [0.29, 0.717) is 16.5 Å². The molecule has 7 heteroatoms. The molecule has 0 radical (unpaired) electrons. The van der Waals surface area contributed by atoms with Gasteiger partial charge in [0.25, 0.3) is 5.91 Å². The van der Waals surface area contributed by atoms with Crippen LogP contribution in [-0.2, 0) is 0 Å². The molecule has 28 heavy (non-hydrogen) atoms. The molecule has 3 N–H and O–H groups in total. The molecule has 4 aromatic rings. The summed E-state index contributed by atoms with van der Waals surface area (Å²) in [6.45, 7) is 0. The maximum atomic E-state index is 12.6. The molecule has 138 valence electrons. The number of hydrogen-bond acceptors (Lipinski definition) is 4. The number of amides is 3. The molecule has 1 heterocycles. The van der Waals surface area contributed by atoms with Gasteiger partial charge >= 0.3 is 6.03 Å². The summed E-state index contributed by atoms with van der Waals surface area (Å²) in [5.41, 5.74) is 1.63. The number of urea groups is 1. The van der Waals surface area contributed by atoms with Gasteiger partial charge < -0.3 is 10.6 Å². The summed E-state index contributed by atoms with van der Waals surface area (Å²) in [5.74, 6) is -0.330. The Morgan fingerprint density at radius 1 is 0.786 bits per heavy atom. The molecular weight excluding hydrogens is 372 g/mol. The molecule has 1 aromatic heterocycles.